The molecule has 104 valence electrons. The molecule has 3 aromatic carbocycles. The number of hydrogen-bond acceptors (Lipinski definition) is 0. The van der Waals surface area contributed by atoms with Gasteiger partial charge >= 0.3 is 0 Å². The smallest absolute Gasteiger partial charge is 0.00733 e. The van der Waals surface area contributed by atoms with Gasteiger partial charge < -0.3 is 0 Å². The molecule has 21 heavy (non-hydrogen) atoms. The third-order valence-electron chi connectivity index (χ3n) is 4.80. The zero-order valence-electron chi connectivity index (χ0n) is 12.5. The third-order valence-corrected chi connectivity index (χ3v) is 4.80. The lowest BCUT2D eigenvalue weighted by Crippen LogP contribution is -2.04. The van der Waals surface area contributed by atoms with Crippen LogP contribution in [0.1, 0.15) is 29.5 Å². The van der Waals surface area contributed by atoms with Gasteiger partial charge in [0.25, 0.3) is 0 Å². The highest BCUT2D eigenvalue weighted by Crippen LogP contribution is 2.37. The lowest BCUT2D eigenvalue weighted by Gasteiger charge is -2.21. The molecule has 0 heterocycles. The zero-order chi connectivity index (χ0) is 14.2. The molecule has 0 aliphatic heterocycles. The van der Waals surface area contributed by atoms with Crippen molar-refractivity contribution in [3.05, 3.63) is 71.3 Å². The molecule has 0 amide bonds. The van der Waals surface area contributed by atoms with E-state index in [9.17, 15) is 0 Å². The van der Waals surface area contributed by atoms with Crippen molar-refractivity contribution in [2.75, 3.05) is 0 Å². The first-order chi connectivity index (χ1) is 10.3. The van der Waals surface area contributed by atoms with Crippen molar-refractivity contribution in [3.8, 4) is 11.1 Å². The number of hydrogen-bond donors (Lipinski definition) is 0. The summed E-state index contributed by atoms with van der Waals surface area (Å²) in [6, 6.07) is 20.1. The summed E-state index contributed by atoms with van der Waals surface area (Å²) in [5, 5.41) is 2.72. The minimum atomic E-state index is 1.23. The molecule has 0 atom stereocenters. The normalized spacial score (nSPS) is 14.1. The Balaban J connectivity index is 2.05. The Bertz CT molecular complexity index is 811. The SMILES string of the molecule is Cc1ccc2ccccc2c1-c1cccc2c1CCCC2. The van der Waals surface area contributed by atoms with Gasteiger partial charge in [-0.25, -0.2) is 0 Å². The summed E-state index contributed by atoms with van der Waals surface area (Å²) in [5.41, 5.74) is 7.43. The quantitative estimate of drug-likeness (QED) is 0.533. The van der Waals surface area contributed by atoms with Gasteiger partial charge in [0.1, 0.15) is 0 Å². The van der Waals surface area contributed by atoms with Crippen LogP contribution in [0, 0.1) is 6.92 Å². The average Bonchev–Trinajstić information content (AvgIpc) is 2.54. The molecule has 1 aliphatic rings. The van der Waals surface area contributed by atoms with E-state index < -0.39 is 0 Å². The van der Waals surface area contributed by atoms with Gasteiger partial charge in [-0.15, -0.1) is 0 Å². The first-order valence-electron chi connectivity index (χ1n) is 7.94. The largest absolute Gasteiger partial charge is 0.0616 e. The molecule has 0 fully saturated rings. The molecule has 1 aliphatic carbocycles. The Labute approximate surface area is 126 Å². The van der Waals surface area contributed by atoms with E-state index in [0.29, 0.717) is 0 Å². The minimum Gasteiger partial charge on any atom is -0.0616 e. The lowest BCUT2D eigenvalue weighted by atomic mass is 9.83. The first kappa shape index (κ1) is 12.6. The molecule has 0 unspecified atom stereocenters. The van der Waals surface area contributed by atoms with Crippen LogP contribution in [0.3, 0.4) is 0 Å². The molecular weight excluding hydrogens is 252 g/mol. The van der Waals surface area contributed by atoms with E-state index in [1.807, 2.05) is 0 Å². The van der Waals surface area contributed by atoms with Crippen LogP contribution >= 0.6 is 0 Å². The van der Waals surface area contributed by atoms with Gasteiger partial charge in [0.15, 0.2) is 0 Å². The Morgan fingerprint density at radius 2 is 1.62 bits per heavy atom. The predicted octanol–water partition coefficient (Wildman–Crippen LogP) is 5.69. The molecule has 3 aromatic rings. The lowest BCUT2D eigenvalue weighted by molar-refractivity contribution is 0.687. The molecule has 0 bridgehead atoms. The van der Waals surface area contributed by atoms with Crippen molar-refractivity contribution in [2.24, 2.45) is 0 Å². The molecule has 0 aromatic heterocycles. The van der Waals surface area contributed by atoms with Gasteiger partial charge in [0.05, 0.1) is 0 Å². The minimum absolute atomic E-state index is 1.23. The van der Waals surface area contributed by atoms with Crippen LogP contribution in [0.5, 0.6) is 0 Å². The van der Waals surface area contributed by atoms with Crippen LogP contribution < -0.4 is 0 Å². The van der Waals surface area contributed by atoms with Gasteiger partial charge in [0, 0.05) is 0 Å². The fraction of sp³-hybridized carbons (Fsp3) is 0.238. The number of aryl methyl sites for hydroxylation is 2. The average molecular weight is 272 g/mol. The molecule has 0 radical (unpaired) electrons. The van der Waals surface area contributed by atoms with Gasteiger partial charge in [-0.05, 0) is 71.2 Å². The summed E-state index contributed by atoms with van der Waals surface area (Å²) in [5.74, 6) is 0. The second-order valence-corrected chi connectivity index (χ2v) is 6.13. The second-order valence-electron chi connectivity index (χ2n) is 6.13. The maximum atomic E-state index is 2.32. The van der Waals surface area contributed by atoms with E-state index in [1.54, 1.807) is 11.1 Å². The van der Waals surface area contributed by atoms with Crippen molar-refractivity contribution in [1.82, 2.24) is 0 Å². The Morgan fingerprint density at radius 3 is 2.57 bits per heavy atom. The summed E-state index contributed by atoms with van der Waals surface area (Å²) in [7, 11) is 0. The summed E-state index contributed by atoms with van der Waals surface area (Å²) < 4.78 is 0. The molecule has 0 nitrogen and oxygen atoms in total. The highest BCUT2D eigenvalue weighted by Gasteiger charge is 2.16. The van der Waals surface area contributed by atoms with E-state index in [-0.39, 0.29) is 0 Å². The van der Waals surface area contributed by atoms with Crippen LogP contribution in [0.25, 0.3) is 21.9 Å². The highest BCUT2D eigenvalue weighted by molar-refractivity contribution is 5.99. The summed E-state index contributed by atoms with van der Waals surface area (Å²) >= 11 is 0. The first-order valence-corrected chi connectivity index (χ1v) is 7.94. The summed E-state index contributed by atoms with van der Waals surface area (Å²) in [4.78, 5) is 0. The monoisotopic (exact) mass is 272 g/mol. The molecule has 0 spiro atoms. The maximum absolute atomic E-state index is 2.32. The van der Waals surface area contributed by atoms with Crippen molar-refractivity contribution < 1.29 is 0 Å². The Kier molecular flexibility index (Phi) is 3.03. The van der Waals surface area contributed by atoms with Gasteiger partial charge in [-0.1, -0.05) is 54.6 Å². The molecule has 0 saturated carbocycles. The van der Waals surface area contributed by atoms with E-state index in [2.05, 4.69) is 61.5 Å². The number of rotatable bonds is 1. The van der Waals surface area contributed by atoms with E-state index in [0.717, 1.165) is 0 Å². The zero-order valence-corrected chi connectivity index (χ0v) is 12.5. The van der Waals surface area contributed by atoms with Gasteiger partial charge in [-0.3, -0.25) is 0 Å². The molecular formula is C21H20. The number of fused-ring (bicyclic) bond motifs is 2. The maximum Gasteiger partial charge on any atom is -0.00733 e. The van der Waals surface area contributed by atoms with Crippen LogP contribution in [-0.4, -0.2) is 0 Å². The molecule has 4 rings (SSSR count). The fourth-order valence-corrected chi connectivity index (χ4v) is 3.75. The third kappa shape index (κ3) is 2.06. The summed E-state index contributed by atoms with van der Waals surface area (Å²) in [6.07, 6.45) is 5.14. The molecule has 0 saturated heterocycles. The van der Waals surface area contributed by atoms with Gasteiger partial charge in [-0.2, -0.15) is 0 Å². The van der Waals surface area contributed by atoms with Crippen molar-refractivity contribution in [1.29, 1.82) is 0 Å². The van der Waals surface area contributed by atoms with E-state index in [4.69, 9.17) is 0 Å². The predicted molar refractivity (Wildman–Crippen MR) is 90.8 cm³/mol. The molecule has 0 heteroatoms. The van der Waals surface area contributed by atoms with Crippen LogP contribution in [0.4, 0.5) is 0 Å². The second kappa shape index (κ2) is 5.04. The standard InChI is InChI=1S/C21H20/c1-15-13-14-17-8-3-5-11-19(17)21(15)20-12-6-9-16-7-2-4-10-18(16)20/h3,5-6,8-9,11-14H,2,4,7,10H2,1H3. The fourth-order valence-electron chi connectivity index (χ4n) is 3.75. The Hall–Kier alpha value is -2.08. The number of benzene rings is 3. The van der Waals surface area contributed by atoms with E-state index in [1.165, 1.54) is 53.1 Å². The molecule has 0 N–H and O–H groups in total. The Morgan fingerprint density at radius 1 is 0.762 bits per heavy atom. The van der Waals surface area contributed by atoms with Gasteiger partial charge in [0.2, 0.25) is 0 Å². The van der Waals surface area contributed by atoms with E-state index >= 15 is 0 Å². The van der Waals surface area contributed by atoms with Crippen LogP contribution in [-0.2, 0) is 12.8 Å². The summed E-state index contributed by atoms with van der Waals surface area (Å²) in [6.45, 7) is 2.24. The van der Waals surface area contributed by atoms with Crippen molar-refractivity contribution in [3.63, 3.8) is 0 Å². The van der Waals surface area contributed by atoms with Crippen molar-refractivity contribution in [2.45, 2.75) is 32.6 Å². The topological polar surface area (TPSA) is 0 Å². The van der Waals surface area contributed by atoms with Crippen LogP contribution in [0.2, 0.25) is 0 Å². The highest BCUT2D eigenvalue weighted by atomic mass is 14.2. The van der Waals surface area contributed by atoms with Crippen molar-refractivity contribution >= 4 is 10.8 Å². The van der Waals surface area contributed by atoms with Crippen LogP contribution in [0.15, 0.2) is 54.6 Å².